The Bertz CT molecular complexity index is 827. The summed E-state index contributed by atoms with van der Waals surface area (Å²) in [6, 6.07) is 0. The third-order valence-corrected chi connectivity index (χ3v) is 7.70. The third kappa shape index (κ3) is 32.2. The van der Waals surface area contributed by atoms with E-state index in [9.17, 15) is 29.1 Å². The molecule has 1 atom stereocenters. The van der Waals surface area contributed by atoms with E-state index in [-0.39, 0.29) is 25.4 Å². The first kappa shape index (κ1) is 48.4. The van der Waals surface area contributed by atoms with Gasteiger partial charge in [-0.3, -0.25) is 9.59 Å². The van der Waals surface area contributed by atoms with E-state index in [2.05, 4.69) is 13.8 Å². The summed E-state index contributed by atoms with van der Waals surface area (Å²) in [5.41, 5.74) is -2.14. The van der Waals surface area contributed by atoms with Gasteiger partial charge < -0.3 is 24.1 Å². The quantitative estimate of drug-likeness (QED) is 0.0323. The number of aliphatic hydroxyl groups is 1. The van der Waals surface area contributed by atoms with Gasteiger partial charge in [0.2, 0.25) is 0 Å². The predicted molar refractivity (Wildman–Crippen MR) is 193 cm³/mol. The second kappa shape index (κ2) is 35.1. The summed E-state index contributed by atoms with van der Waals surface area (Å²) in [5.74, 6) is -2.80. The SMILES string of the molecule is CCCCCC(=O)CC(O)(CC(=O)OCCCC)C(=O)OCCCC.CCCCCCCCOC(=O)/C=C/C(=O)OCCCCCCCC. The first-order chi connectivity index (χ1) is 23.6. The van der Waals surface area contributed by atoms with Crippen molar-refractivity contribution >= 4 is 29.7 Å². The van der Waals surface area contributed by atoms with Crippen LogP contribution in [0, 0.1) is 0 Å². The fourth-order valence-electron chi connectivity index (χ4n) is 4.60. The van der Waals surface area contributed by atoms with Crippen molar-refractivity contribution in [3.63, 3.8) is 0 Å². The predicted octanol–water partition coefficient (Wildman–Crippen LogP) is 8.68. The fourth-order valence-corrected chi connectivity index (χ4v) is 4.60. The molecule has 0 saturated carbocycles. The van der Waals surface area contributed by atoms with Gasteiger partial charge in [-0.1, -0.05) is 125 Å². The smallest absolute Gasteiger partial charge is 0.339 e. The highest BCUT2D eigenvalue weighted by molar-refractivity contribution is 5.92. The molecule has 49 heavy (non-hydrogen) atoms. The van der Waals surface area contributed by atoms with Gasteiger partial charge in [-0.15, -0.1) is 0 Å². The highest BCUT2D eigenvalue weighted by atomic mass is 16.6. The number of esters is 4. The Morgan fingerprint density at radius 3 is 1.33 bits per heavy atom. The van der Waals surface area contributed by atoms with E-state index in [0.717, 1.165) is 63.5 Å². The number of Topliss-reactive ketones (excluding diaryl/α,β-unsaturated/α-hetero) is 1. The number of ether oxygens (including phenoxy) is 4. The van der Waals surface area contributed by atoms with E-state index >= 15 is 0 Å². The van der Waals surface area contributed by atoms with Crippen LogP contribution in [0.2, 0.25) is 0 Å². The molecule has 0 amide bonds. The van der Waals surface area contributed by atoms with Crippen LogP contribution in [0.25, 0.3) is 0 Å². The lowest BCUT2D eigenvalue weighted by molar-refractivity contribution is -0.174. The van der Waals surface area contributed by atoms with Crippen LogP contribution in [0.15, 0.2) is 12.2 Å². The summed E-state index contributed by atoms with van der Waals surface area (Å²) < 4.78 is 20.2. The summed E-state index contributed by atoms with van der Waals surface area (Å²) in [4.78, 5) is 59.1. The molecule has 0 bridgehead atoms. The highest BCUT2D eigenvalue weighted by Gasteiger charge is 2.42. The minimum atomic E-state index is -2.14. The van der Waals surface area contributed by atoms with Gasteiger partial charge in [-0.25, -0.2) is 14.4 Å². The molecule has 0 aromatic carbocycles. The Morgan fingerprint density at radius 1 is 0.469 bits per heavy atom. The van der Waals surface area contributed by atoms with Crippen molar-refractivity contribution in [1.29, 1.82) is 0 Å². The number of rotatable bonds is 31. The van der Waals surface area contributed by atoms with Crippen LogP contribution in [-0.4, -0.2) is 66.8 Å². The lowest BCUT2D eigenvalue weighted by Crippen LogP contribution is -2.44. The molecule has 0 aliphatic rings. The molecule has 0 fully saturated rings. The lowest BCUT2D eigenvalue weighted by atomic mass is 9.91. The molecular weight excluding hydrogens is 628 g/mol. The average Bonchev–Trinajstić information content (AvgIpc) is 3.07. The maximum Gasteiger partial charge on any atom is 0.339 e. The van der Waals surface area contributed by atoms with Crippen molar-refractivity contribution in [3.05, 3.63) is 12.2 Å². The van der Waals surface area contributed by atoms with Crippen LogP contribution in [0.3, 0.4) is 0 Å². The summed E-state index contributed by atoms with van der Waals surface area (Å²) in [7, 11) is 0. The molecule has 0 aliphatic carbocycles. The largest absolute Gasteiger partial charge is 0.466 e. The van der Waals surface area contributed by atoms with Gasteiger partial charge in [0, 0.05) is 25.0 Å². The number of ketones is 1. The first-order valence-corrected chi connectivity index (χ1v) is 19.2. The molecule has 10 nitrogen and oxygen atoms in total. The van der Waals surface area contributed by atoms with Crippen molar-refractivity contribution in [1.82, 2.24) is 0 Å². The summed E-state index contributed by atoms with van der Waals surface area (Å²) in [6.45, 7) is 11.5. The normalized spacial score (nSPS) is 12.0. The highest BCUT2D eigenvalue weighted by Crippen LogP contribution is 2.21. The van der Waals surface area contributed by atoms with E-state index in [0.29, 0.717) is 32.5 Å². The Morgan fingerprint density at radius 2 is 0.857 bits per heavy atom. The number of hydrogen-bond donors (Lipinski definition) is 1. The molecule has 0 spiro atoms. The zero-order chi connectivity index (χ0) is 37.0. The average molecular weight is 699 g/mol. The second-order valence-electron chi connectivity index (χ2n) is 12.6. The van der Waals surface area contributed by atoms with Crippen LogP contribution < -0.4 is 0 Å². The number of carbonyl (C=O) groups excluding carboxylic acids is 5. The molecule has 0 radical (unpaired) electrons. The molecule has 0 aliphatic heterocycles. The maximum absolute atomic E-state index is 12.2. The minimum absolute atomic E-state index is 0.159. The molecule has 0 heterocycles. The lowest BCUT2D eigenvalue weighted by Gasteiger charge is -2.24. The van der Waals surface area contributed by atoms with Crippen molar-refractivity contribution in [2.75, 3.05) is 26.4 Å². The minimum Gasteiger partial charge on any atom is -0.466 e. The van der Waals surface area contributed by atoms with E-state index in [1.54, 1.807) is 0 Å². The number of hydrogen-bond acceptors (Lipinski definition) is 10. The Hall–Kier alpha value is -2.75. The Labute approximate surface area is 297 Å². The van der Waals surface area contributed by atoms with Crippen LogP contribution in [0.1, 0.15) is 176 Å². The van der Waals surface area contributed by atoms with E-state index < -0.39 is 42.3 Å². The Balaban J connectivity index is 0. The molecule has 10 heteroatoms. The topological polar surface area (TPSA) is 142 Å². The van der Waals surface area contributed by atoms with Gasteiger partial charge in [0.1, 0.15) is 5.78 Å². The monoisotopic (exact) mass is 698 g/mol. The van der Waals surface area contributed by atoms with E-state index in [1.807, 2.05) is 20.8 Å². The summed E-state index contributed by atoms with van der Waals surface area (Å²) in [6.07, 6.45) is 21.1. The van der Waals surface area contributed by atoms with Gasteiger partial charge in [0.05, 0.1) is 32.8 Å². The summed E-state index contributed by atoms with van der Waals surface area (Å²) in [5, 5.41) is 10.6. The number of carbonyl (C=O) groups is 5. The van der Waals surface area contributed by atoms with E-state index in [4.69, 9.17) is 18.9 Å². The first-order valence-electron chi connectivity index (χ1n) is 19.2. The molecule has 0 aromatic rings. The van der Waals surface area contributed by atoms with Crippen molar-refractivity contribution < 1.29 is 48.0 Å². The molecule has 1 unspecified atom stereocenters. The van der Waals surface area contributed by atoms with E-state index in [1.165, 1.54) is 51.4 Å². The fraction of sp³-hybridized carbons (Fsp3) is 0.821. The molecule has 0 saturated heterocycles. The van der Waals surface area contributed by atoms with Crippen LogP contribution >= 0.6 is 0 Å². The van der Waals surface area contributed by atoms with Crippen molar-refractivity contribution in [3.8, 4) is 0 Å². The summed E-state index contributed by atoms with van der Waals surface area (Å²) >= 11 is 0. The molecular formula is C39H70O10. The molecule has 0 aromatic heterocycles. The van der Waals surface area contributed by atoms with Crippen LogP contribution in [-0.2, 0) is 42.9 Å². The van der Waals surface area contributed by atoms with Gasteiger partial charge in [-0.05, 0) is 32.1 Å². The van der Waals surface area contributed by atoms with Crippen molar-refractivity contribution in [2.45, 2.75) is 181 Å². The van der Waals surface area contributed by atoms with Crippen LogP contribution in [0.5, 0.6) is 0 Å². The van der Waals surface area contributed by atoms with Crippen molar-refractivity contribution in [2.24, 2.45) is 0 Å². The van der Waals surface area contributed by atoms with Gasteiger partial charge in [0.25, 0.3) is 0 Å². The third-order valence-electron chi connectivity index (χ3n) is 7.70. The van der Waals surface area contributed by atoms with Gasteiger partial charge in [0.15, 0.2) is 5.60 Å². The molecule has 0 rings (SSSR count). The Kier molecular flexibility index (Phi) is 34.6. The van der Waals surface area contributed by atoms with Crippen LogP contribution in [0.4, 0.5) is 0 Å². The zero-order valence-corrected chi connectivity index (χ0v) is 31.7. The maximum atomic E-state index is 12.2. The molecule has 286 valence electrons. The number of unbranched alkanes of at least 4 members (excludes halogenated alkanes) is 14. The van der Waals surface area contributed by atoms with Gasteiger partial charge >= 0.3 is 23.9 Å². The second-order valence-corrected chi connectivity index (χ2v) is 12.6. The zero-order valence-electron chi connectivity index (χ0n) is 31.7. The standard InChI is InChI=1S/C20H36O4.C19H34O6/c1-3-5-7-9-11-13-17-23-19(21)15-16-20(22)24-18-14-12-10-8-6-4-2;1-4-7-10-11-16(20)14-19(23,18(22)25-13-9-6-3)15-17(21)24-12-8-5-2/h15-16H,3-14,17-18H2,1-2H3;23H,4-15H2,1-3H3/b16-15+;. The molecule has 1 N–H and O–H groups in total. The van der Waals surface area contributed by atoms with Gasteiger partial charge in [-0.2, -0.15) is 0 Å².